The second kappa shape index (κ2) is 8.18. The predicted octanol–water partition coefficient (Wildman–Crippen LogP) is 4.42. The van der Waals surface area contributed by atoms with E-state index in [1.807, 2.05) is 65.4 Å². The normalized spacial score (nSPS) is 12.6. The number of nitrogens with one attached hydrogen (secondary N) is 1. The molecule has 8 nitrogen and oxygen atoms in total. The number of fused-ring (bicyclic) bond motifs is 3. The third-order valence-electron chi connectivity index (χ3n) is 4.92. The van der Waals surface area contributed by atoms with Crippen molar-refractivity contribution in [2.45, 2.75) is 20.4 Å². The van der Waals surface area contributed by atoms with E-state index in [9.17, 15) is 4.79 Å². The van der Waals surface area contributed by atoms with Crippen molar-refractivity contribution in [3.63, 3.8) is 0 Å². The van der Waals surface area contributed by atoms with E-state index in [-0.39, 0.29) is 5.91 Å². The van der Waals surface area contributed by atoms with E-state index in [2.05, 4.69) is 20.5 Å². The van der Waals surface area contributed by atoms with Gasteiger partial charge in [0.1, 0.15) is 11.5 Å². The zero-order valence-corrected chi connectivity index (χ0v) is 18.9. The molecule has 1 N–H and O–H groups in total. The molecule has 0 spiro atoms. The fourth-order valence-electron chi connectivity index (χ4n) is 3.56. The summed E-state index contributed by atoms with van der Waals surface area (Å²) in [6, 6.07) is 15.6. The highest BCUT2D eigenvalue weighted by molar-refractivity contribution is 7.13. The van der Waals surface area contributed by atoms with Crippen LogP contribution < -0.4 is 10.3 Å². The number of anilines is 2. The van der Waals surface area contributed by atoms with E-state index in [0.717, 1.165) is 34.0 Å². The summed E-state index contributed by atoms with van der Waals surface area (Å²) < 4.78 is 1.99. The standard InChI is InChI=1S/C22H18ClN7OS/c1-13-26-27-22-29(11-17-12-32-21(25-17)24-14(2)31)28-20(15-7-9-16(23)10-8-15)18-5-3-4-6-19(18)30(13)22/h3-10,12H,11H2,1-2H3,(H,24,25,31). The van der Waals surface area contributed by atoms with Crippen LogP contribution in [0.3, 0.4) is 0 Å². The predicted molar refractivity (Wildman–Crippen MR) is 126 cm³/mol. The molecule has 3 heterocycles. The lowest BCUT2D eigenvalue weighted by Crippen LogP contribution is -2.20. The molecular formula is C22H18ClN7OS. The Morgan fingerprint density at radius 3 is 2.69 bits per heavy atom. The largest absolute Gasteiger partial charge is 0.302 e. The van der Waals surface area contributed by atoms with Crippen molar-refractivity contribution in [3.8, 4) is 5.69 Å². The maximum absolute atomic E-state index is 11.4. The highest BCUT2D eigenvalue weighted by atomic mass is 35.5. The summed E-state index contributed by atoms with van der Waals surface area (Å²) in [7, 11) is 0. The van der Waals surface area contributed by atoms with Crippen molar-refractivity contribution in [2.75, 3.05) is 10.3 Å². The first kappa shape index (κ1) is 20.3. The summed E-state index contributed by atoms with van der Waals surface area (Å²) in [5.74, 6) is 1.18. The van der Waals surface area contributed by atoms with E-state index >= 15 is 0 Å². The van der Waals surface area contributed by atoms with Gasteiger partial charge >= 0.3 is 0 Å². The Labute approximate surface area is 193 Å². The molecule has 0 saturated carbocycles. The number of nitrogens with zero attached hydrogens (tertiary/aromatic N) is 6. The molecule has 0 unspecified atom stereocenters. The number of amides is 1. The van der Waals surface area contributed by atoms with Gasteiger partial charge in [-0.25, -0.2) is 9.99 Å². The summed E-state index contributed by atoms with van der Waals surface area (Å²) in [6.07, 6.45) is 0. The van der Waals surface area contributed by atoms with Gasteiger partial charge in [-0.05, 0) is 25.1 Å². The molecule has 0 saturated heterocycles. The Balaban J connectivity index is 1.64. The fourth-order valence-corrected chi connectivity index (χ4v) is 4.43. The molecule has 1 aliphatic heterocycles. The third-order valence-corrected chi connectivity index (χ3v) is 5.98. The molecule has 160 valence electrons. The quantitative estimate of drug-likeness (QED) is 0.484. The van der Waals surface area contributed by atoms with E-state index < -0.39 is 0 Å². The average Bonchev–Trinajstić information content (AvgIpc) is 3.34. The number of carbonyl (C=O) groups excluding carboxylic acids is 1. The highest BCUT2D eigenvalue weighted by Gasteiger charge is 2.26. The molecule has 0 fully saturated rings. The molecule has 10 heteroatoms. The van der Waals surface area contributed by atoms with E-state index in [1.54, 1.807) is 5.01 Å². The number of para-hydroxylation sites is 1. The lowest BCUT2D eigenvalue weighted by Gasteiger charge is -2.16. The maximum atomic E-state index is 11.4. The van der Waals surface area contributed by atoms with Crippen LogP contribution in [-0.4, -0.2) is 31.4 Å². The van der Waals surface area contributed by atoms with Gasteiger partial charge in [-0.1, -0.05) is 41.9 Å². The van der Waals surface area contributed by atoms with Crippen molar-refractivity contribution in [2.24, 2.45) is 5.10 Å². The Morgan fingerprint density at radius 1 is 1.12 bits per heavy atom. The van der Waals surface area contributed by atoms with E-state index in [0.29, 0.717) is 22.6 Å². The monoisotopic (exact) mass is 463 g/mol. The highest BCUT2D eigenvalue weighted by Crippen LogP contribution is 2.31. The van der Waals surface area contributed by atoms with Gasteiger partial charge in [-0.3, -0.25) is 9.36 Å². The van der Waals surface area contributed by atoms with Crippen LogP contribution in [0.4, 0.5) is 11.1 Å². The average molecular weight is 464 g/mol. The molecule has 0 bridgehead atoms. The van der Waals surface area contributed by atoms with Gasteiger partial charge in [0.15, 0.2) is 5.13 Å². The molecule has 4 aromatic rings. The number of benzene rings is 2. The Kier molecular flexibility index (Phi) is 5.20. The van der Waals surface area contributed by atoms with Crippen LogP contribution in [0, 0.1) is 6.92 Å². The maximum Gasteiger partial charge on any atom is 0.252 e. The summed E-state index contributed by atoms with van der Waals surface area (Å²) in [6.45, 7) is 3.73. The lowest BCUT2D eigenvalue weighted by molar-refractivity contribution is -0.114. The molecule has 0 aliphatic carbocycles. The molecule has 0 radical (unpaired) electrons. The first-order chi connectivity index (χ1) is 15.5. The minimum Gasteiger partial charge on any atom is -0.302 e. The minimum atomic E-state index is -0.158. The number of carbonyl (C=O) groups is 1. The lowest BCUT2D eigenvalue weighted by atomic mass is 10.0. The molecular weight excluding hydrogens is 446 g/mol. The number of hydrazone groups is 1. The SMILES string of the molecule is CC(=O)Nc1nc(CN2N=C(c3ccc(Cl)cc3)c3ccccc3-n3c(C)nnc32)cs1. The zero-order valence-electron chi connectivity index (χ0n) is 17.3. The van der Waals surface area contributed by atoms with Gasteiger partial charge in [0, 0.05) is 28.5 Å². The number of hydrogen-bond acceptors (Lipinski definition) is 7. The van der Waals surface area contributed by atoms with Crippen LogP contribution in [0.5, 0.6) is 0 Å². The molecule has 2 aromatic heterocycles. The van der Waals surface area contributed by atoms with Crippen LogP contribution in [0.15, 0.2) is 59.0 Å². The fraction of sp³-hybridized carbons (Fsp3) is 0.136. The van der Waals surface area contributed by atoms with Crippen molar-refractivity contribution in [1.82, 2.24) is 19.7 Å². The summed E-state index contributed by atoms with van der Waals surface area (Å²) >= 11 is 7.49. The van der Waals surface area contributed by atoms with Crippen LogP contribution in [-0.2, 0) is 11.3 Å². The van der Waals surface area contributed by atoms with Gasteiger partial charge in [0.05, 0.1) is 17.9 Å². The van der Waals surface area contributed by atoms with Gasteiger partial charge in [0.25, 0.3) is 5.95 Å². The zero-order chi connectivity index (χ0) is 22.2. The molecule has 32 heavy (non-hydrogen) atoms. The number of halogens is 1. The smallest absolute Gasteiger partial charge is 0.252 e. The number of rotatable bonds is 4. The molecule has 0 atom stereocenters. The Bertz CT molecular complexity index is 1340. The second-order valence-corrected chi connectivity index (χ2v) is 8.53. The molecule has 5 rings (SSSR count). The summed E-state index contributed by atoms with van der Waals surface area (Å²) in [5, 5.41) is 21.3. The van der Waals surface area contributed by atoms with Crippen LogP contribution in [0.1, 0.15) is 29.6 Å². The van der Waals surface area contributed by atoms with Gasteiger partial charge in [-0.2, -0.15) is 5.10 Å². The number of thiazole rings is 1. The van der Waals surface area contributed by atoms with Crippen molar-refractivity contribution in [1.29, 1.82) is 0 Å². The van der Waals surface area contributed by atoms with Gasteiger partial charge < -0.3 is 5.32 Å². The summed E-state index contributed by atoms with van der Waals surface area (Å²) in [4.78, 5) is 15.9. The van der Waals surface area contributed by atoms with Crippen molar-refractivity contribution < 1.29 is 4.79 Å². The Hall–Kier alpha value is -3.56. The molecule has 2 aromatic carbocycles. The van der Waals surface area contributed by atoms with Crippen LogP contribution >= 0.6 is 22.9 Å². The number of aromatic nitrogens is 4. The van der Waals surface area contributed by atoms with Gasteiger partial charge in [0.2, 0.25) is 5.91 Å². The molecule has 1 aliphatic rings. The van der Waals surface area contributed by atoms with Crippen LogP contribution in [0.25, 0.3) is 5.69 Å². The topological polar surface area (TPSA) is 88.3 Å². The van der Waals surface area contributed by atoms with Crippen molar-refractivity contribution >= 4 is 45.6 Å². The van der Waals surface area contributed by atoms with Crippen LogP contribution in [0.2, 0.25) is 5.02 Å². The van der Waals surface area contributed by atoms with E-state index in [4.69, 9.17) is 16.7 Å². The third kappa shape index (κ3) is 3.76. The number of hydrogen-bond donors (Lipinski definition) is 1. The first-order valence-corrected chi connectivity index (χ1v) is 11.1. The van der Waals surface area contributed by atoms with Gasteiger partial charge in [-0.15, -0.1) is 21.5 Å². The summed E-state index contributed by atoms with van der Waals surface area (Å²) in [5.41, 5.74) is 4.38. The van der Waals surface area contributed by atoms with Crippen molar-refractivity contribution in [3.05, 3.63) is 81.6 Å². The second-order valence-electron chi connectivity index (χ2n) is 7.24. The number of aryl methyl sites for hydroxylation is 1. The molecule has 1 amide bonds. The first-order valence-electron chi connectivity index (χ1n) is 9.85. The minimum absolute atomic E-state index is 0.158. The Morgan fingerprint density at radius 2 is 1.91 bits per heavy atom. The van der Waals surface area contributed by atoms with E-state index in [1.165, 1.54) is 18.3 Å².